The summed E-state index contributed by atoms with van der Waals surface area (Å²) in [6.07, 6.45) is 2.05. The van der Waals surface area contributed by atoms with Gasteiger partial charge in [0.25, 0.3) is 0 Å². The minimum atomic E-state index is -3.14. The second-order valence-electron chi connectivity index (χ2n) is 4.51. The molecule has 18 heavy (non-hydrogen) atoms. The Labute approximate surface area is 107 Å². The number of hydrogen-bond acceptors (Lipinski definition) is 4. The number of benzene rings is 1. The largest absolute Gasteiger partial charge is 0.490 e. The molecule has 0 radical (unpaired) electrons. The Morgan fingerprint density at radius 1 is 1.33 bits per heavy atom. The zero-order valence-corrected chi connectivity index (χ0v) is 10.9. The lowest BCUT2D eigenvalue weighted by Gasteiger charge is -2.09. The maximum absolute atomic E-state index is 11.6. The lowest BCUT2D eigenvalue weighted by molar-refractivity contribution is 0.324. The van der Waals surface area contributed by atoms with Crippen LogP contribution >= 0.6 is 0 Å². The van der Waals surface area contributed by atoms with Gasteiger partial charge in [-0.2, -0.15) is 0 Å². The molecule has 1 fully saturated rings. The second kappa shape index (κ2) is 5.58. The van der Waals surface area contributed by atoms with Gasteiger partial charge in [-0.3, -0.25) is 0 Å². The van der Waals surface area contributed by atoms with Gasteiger partial charge in [0.15, 0.2) is 0 Å². The van der Waals surface area contributed by atoms with Gasteiger partial charge >= 0.3 is 0 Å². The van der Waals surface area contributed by atoms with Crippen LogP contribution < -0.4 is 15.2 Å². The maximum Gasteiger partial charge on any atom is 0.211 e. The Morgan fingerprint density at radius 2 is 2.06 bits per heavy atom. The molecule has 1 aliphatic carbocycles. The molecule has 0 aliphatic heterocycles. The third-order valence-corrected chi connectivity index (χ3v) is 4.31. The lowest BCUT2D eigenvalue weighted by atomic mass is 10.3. The molecular formula is C12H18N2O3S. The predicted octanol–water partition coefficient (Wildman–Crippen LogP) is 0.977. The number of para-hydroxylation sites is 2. The number of sulfonamides is 1. The molecule has 0 spiro atoms. The predicted molar refractivity (Wildman–Crippen MR) is 70.9 cm³/mol. The monoisotopic (exact) mass is 270 g/mol. The molecule has 1 aromatic carbocycles. The SMILES string of the molecule is Nc1ccccc1OCCNS(=O)(=O)CC1CC1. The van der Waals surface area contributed by atoms with E-state index in [4.69, 9.17) is 10.5 Å². The van der Waals surface area contributed by atoms with Gasteiger partial charge in [0.1, 0.15) is 12.4 Å². The molecule has 0 aromatic heterocycles. The van der Waals surface area contributed by atoms with E-state index in [2.05, 4.69) is 4.72 Å². The van der Waals surface area contributed by atoms with E-state index in [1.165, 1.54) is 0 Å². The van der Waals surface area contributed by atoms with Gasteiger partial charge < -0.3 is 10.5 Å². The Hall–Kier alpha value is -1.27. The van der Waals surface area contributed by atoms with Crippen molar-refractivity contribution >= 4 is 15.7 Å². The van der Waals surface area contributed by atoms with Crippen LogP contribution in [0.4, 0.5) is 5.69 Å². The van der Waals surface area contributed by atoms with Crippen molar-refractivity contribution < 1.29 is 13.2 Å². The quantitative estimate of drug-likeness (QED) is 0.571. The standard InChI is InChI=1S/C12H18N2O3S/c13-11-3-1-2-4-12(11)17-8-7-14-18(15,16)9-10-5-6-10/h1-4,10,14H,5-9,13H2. The molecule has 6 heteroatoms. The minimum absolute atomic E-state index is 0.237. The van der Waals surface area contributed by atoms with E-state index in [0.717, 1.165) is 12.8 Å². The highest BCUT2D eigenvalue weighted by molar-refractivity contribution is 7.89. The summed E-state index contributed by atoms with van der Waals surface area (Å²) in [7, 11) is -3.14. The van der Waals surface area contributed by atoms with Gasteiger partial charge in [-0.15, -0.1) is 0 Å². The van der Waals surface area contributed by atoms with E-state index < -0.39 is 10.0 Å². The number of ether oxygens (including phenoxy) is 1. The molecule has 0 amide bonds. The van der Waals surface area contributed by atoms with Crippen LogP contribution in [0.5, 0.6) is 5.75 Å². The highest BCUT2D eigenvalue weighted by Crippen LogP contribution is 2.29. The first-order valence-electron chi connectivity index (χ1n) is 6.01. The normalized spacial score (nSPS) is 15.6. The molecule has 0 unspecified atom stereocenters. The van der Waals surface area contributed by atoms with Crippen LogP contribution in [0.1, 0.15) is 12.8 Å². The van der Waals surface area contributed by atoms with E-state index in [0.29, 0.717) is 17.4 Å². The molecule has 0 saturated heterocycles. The lowest BCUT2D eigenvalue weighted by Crippen LogP contribution is -2.31. The highest BCUT2D eigenvalue weighted by Gasteiger charge is 2.27. The zero-order chi connectivity index (χ0) is 13.0. The summed E-state index contributed by atoms with van der Waals surface area (Å²) in [5, 5.41) is 0. The van der Waals surface area contributed by atoms with Crippen molar-refractivity contribution in [1.29, 1.82) is 0 Å². The van der Waals surface area contributed by atoms with Gasteiger partial charge in [0.2, 0.25) is 10.0 Å². The van der Waals surface area contributed by atoms with Crippen molar-refractivity contribution in [2.24, 2.45) is 5.92 Å². The smallest absolute Gasteiger partial charge is 0.211 e. The van der Waals surface area contributed by atoms with Crippen molar-refractivity contribution in [3.63, 3.8) is 0 Å². The Kier molecular flexibility index (Phi) is 4.08. The molecule has 1 aliphatic rings. The van der Waals surface area contributed by atoms with Crippen molar-refractivity contribution in [2.75, 3.05) is 24.6 Å². The Morgan fingerprint density at radius 3 is 2.72 bits per heavy atom. The van der Waals surface area contributed by atoms with E-state index in [9.17, 15) is 8.42 Å². The molecule has 0 heterocycles. The van der Waals surface area contributed by atoms with Crippen LogP contribution in [-0.4, -0.2) is 27.3 Å². The van der Waals surface area contributed by atoms with Gasteiger partial charge in [0.05, 0.1) is 11.4 Å². The van der Waals surface area contributed by atoms with Crippen LogP contribution in [0, 0.1) is 5.92 Å². The minimum Gasteiger partial charge on any atom is -0.490 e. The third-order valence-electron chi connectivity index (χ3n) is 2.75. The first-order valence-corrected chi connectivity index (χ1v) is 7.67. The summed E-state index contributed by atoms with van der Waals surface area (Å²) in [6, 6.07) is 7.14. The summed E-state index contributed by atoms with van der Waals surface area (Å²) in [5.41, 5.74) is 6.25. The van der Waals surface area contributed by atoms with Crippen LogP contribution in [0.2, 0.25) is 0 Å². The van der Waals surface area contributed by atoms with E-state index in [1.54, 1.807) is 12.1 Å². The fourth-order valence-electron chi connectivity index (χ4n) is 1.62. The van der Waals surface area contributed by atoms with Crippen LogP contribution in [-0.2, 0) is 10.0 Å². The van der Waals surface area contributed by atoms with Gasteiger partial charge in [-0.25, -0.2) is 13.1 Å². The first kappa shape index (κ1) is 13.2. The summed E-state index contributed by atoms with van der Waals surface area (Å²) in [5.74, 6) is 1.17. The van der Waals surface area contributed by atoms with Crippen molar-refractivity contribution in [2.45, 2.75) is 12.8 Å². The molecule has 0 atom stereocenters. The molecule has 100 valence electrons. The van der Waals surface area contributed by atoms with Crippen molar-refractivity contribution in [1.82, 2.24) is 4.72 Å². The van der Waals surface area contributed by atoms with E-state index in [1.807, 2.05) is 12.1 Å². The first-order chi connectivity index (χ1) is 8.57. The van der Waals surface area contributed by atoms with Crippen molar-refractivity contribution in [3.05, 3.63) is 24.3 Å². The molecule has 5 nitrogen and oxygen atoms in total. The van der Waals surface area contributed by atoms with E-state index in [-0.39, 0.29) is 18.9 Å². The van der Waals surface area contributed by atoms with Crippen LogP contribution in [0.3, 0.4) is 0 Å². The zero-order valence-electron chi connectivity index (χ0n) is 10.1. The number of rotatable bonds is 7. The van der Waals surface area contributed by atoms with Gasteiger partial charge in [0, 0.05) is 6.54 Å². The fourth-order valence-corrected chi connectivity index (χ4v) is 3.09. The van der Waals surface area contributed by atoms with Gasteiger partial charge in [-0.05, 0) is 30.9 Å². The second-order valence-corrected chi connectivity index (χ2v) is 6.36. The number of nitrogens with one attached hydrogen (secondary N) is 1. The Balaban J connectivity index is 1.71. The number of nitrogen functional groups attached to an aromatic ring is 1. The molecule has 0 bridgehead atoms. The average Bonchev–Trinajstić information content (AvgIpc) is 3.10. The average molecular weight is 270 g/mol. The third kappa shape index (κ3) is 4.19. The summed E-state index contributed by atoms with van der Waals surface area (Å²) < 4.78 is 31.1. The van der Waals surface area contributed by atoms with Crippen LogP contribution in [0.25, 0.3) is 0 Å². The molecule has 1 aromatic rings. The Bertz CT molecular complexity index is 498. The summed E-state index contributed by atoms with van der Waals surface area (Å²) in [6.45, 7) is 0.543. The van der Waals surface area contributed by atoms with Crippen molar-refractivity contribution in [3.8, 4) is 5.75 Å². The van der Waals surface area contributed by atoms with E-state index >= 15 is 0 Å². The van der Waals surface area contributed by atoms with Gasteiger partial charge in [-0.1, -0.05) is 12.1 Å². The topological polar surface area (TPSA) is 81.4 Å². The molecule has 3 N–H and O–H groups in total. The fraction of sp³-hybridized carbons (Fsp3) is 0.500. The summed E-state index contributed by atoms with van der Waals surface area (Å²) in [4.78, 5) is 0. The highest BCUT2D eigenvalue weighted by atomic mass is 32.2. The molecule has 2 rings (SSSR count). The number of nitrogens with two attached hydrogens (primary N) is 1. The number of anilines is 1. The maximum atomic E-state index is 11.6. The number of hydrogen-bond donors (Lipinski definition) is 2. The molecule has 1 saturated carbocycles. The van der Waals surface area contributed by atoms with Crippen LogP contribution in [0.15, 0.2) is 24.3 Å². The molecular weight excluding hydrogens is 252 g/mol. The summed E-state index contributed by atoms with van der Waals surface area (Å²) >= 11 is 0.